The van der Waals surface area contributed by atoms with E-state index in [0.29, 0.717) is 11.6 Å². The predicted octanol–water partition coefficient (Wildman–Crippen LogP) is 4.20. The predicted molar refractivity (Wildman–Crippen MR) is 140 cm³/mol. The van der Waals surface area contributed by atoms with Gasteiger partial charge in [0.1, 0.15) is 22.6 Å². The molecule has 1 aromatic carbocycles. The molecule has 2 aromatic heterocycles. The van der Waals surface area contributed by atoms with Crippen molar-refractivity contribution in [1.29, 1.82) is 0 Å². The molecule has 0 saturated heterocycles. The molecule has 0 aliphatic rings. The Hall–Kier alpha value is -4.62. The third-order valence-electron chi connectivity index (χ3n) is 5.38. The highest BCUT2D eigenvalue weighted by Crippen LogP contribution is 2.31. The summed E-state index contributed by atoms with van der Waals surface area (Å²) < 4.78 is 51.2. The van der Waals surface area contributed by atoms with Gasteiger partial charge in [-0.1, -0.05) is 12.2 Å². The fraction of sp³-hybridized carbons (Fsp3) is 0.346. The van der Waals surface area contributed by atoms with E-state index in [4.69, 9.17) is 15.2 Å². The van der Waals surface area contributed by atoms with E-state index in [1.165, 1.54) is 26.2 Å². The number of alkyl halides is 3. The number of methoxy groups -OCH3 is 1. The Labute approximate surface area is 227 Å². The first-order valence-corrected chi connectivity index (χ1v) is 12.0. The number of carbonyl (C=O) groups excluding carboxylic acids is 3. The van der Waals surface area contributed by atoms with Crippen LogP contribution < -0.4 is 21.1 Å². The lowest BCUT2D eigenvalue weighted by Crippen LogP contribution is -2.32. The molecule has 0 fully saturated rings. The largest absolute Gasteiger partial charge is 0.494 e. The van der Waals surface area contributed by atoms with E-state index >= 15 is 0 Å². The van der Waals surface area contributed by atoms with Crippen LogP contribution in [0.15, 0.2) is 36.4 Å². The van der Waals surface area contributed by atoms with Crippen LogP contribution in [0.25, 0.3) is 11.0 Å². The highest BCUT2D eigenvalue weighted by molar-refractivity contribution is 6.05. The third-order valence-corrected chi connectivity index (χ3v) is 5.38. The first-order valence-electron chi connectivity index (χ1n) is 12.0. The second-order valence-corrected chi connectivity index (χ2v) is 9.59. The molecule has 40 heavy (non-hydrogen) atoms. The van der Waals surface area contributed by atoms with Gasteiger partial charge in [-0.3, -0.25) is 14.9 Å². The van der Waals surface area contributed by atoms with Gasteiger partial charge in [0.15, 0.2) is 0 Å². The van der Waals surface area contributed by atoms with E-state index in [-0.39, 0.29) is 47.1 Å². The van der Waals surface area contributed by atoms with Crippen LogP contribution in [0, 0.1) is 6.92 Å². The van der Waals surface area contributed by atoms with Crippen LogP contribution >= 0.6 is 0 Å². The Morgan fingerprint density at radius 1 is 1.10 bits per heavy atom. The maximum atomic E-state index is 13.0. The summed E-state index contributed by atoms with van der Waals surface area (Å²) >= 11 is 0. The van der Waals surface area contributed by atoms with Crippen LogP contribution in [-0.2, 0) is 17.5 Å². The Morgan fingerprint density at radius 3 is 2.38 bits per heavy atom. The average Bonchev–Trinajstić information content (AvgIpc) is 3.18. The number of nitrogens with zero attached hydrogens (tertiary/aromatic N) is 3. The summed E-state index contributed by atoms with van der Waals surface area (Å²) in [7, 11) is 1.38. The summed E-state index contributed by atoms with van der Waals surface area (Å²) in [4.78, 5) is 44.6. The first-order chi connectivity index (χ1) is 18.6. The van der Waals surface area contributed by atoms with Crippen LogP contribution in [0.4, 0.5) is 23.9 Å². The molecule has 3 aromatic rings. The van der Waals surface area contributed by atoms with E-state index in [1.807, 2.05) is 0 Å². The summed E-state index contributed by atoms with van der Waals surface area (Å²) in [6.45, 7) is 6.77. The molecule has 3 amide bonds. The quantitative estimate of drug-likeness (QED) is 0.348. The van der Waals surface area contributed by atoms with Crippen molar-refractivity contribution in [3.8, 4) is 5.75 Å². The molecular weight excluding hydrogens is 533 g/mol. The van der Waals surface area contributed by atoms with Crippen LogP contribution in [0.2, 0.25) is 0 Å². The molecule has 0 bridgehead atoms. The number of aryl methyl sites for hydroxylation is 1. The van der Waals surface area contributed by atoms with Gasteiger partial charge < -0.3 is 25.1 Å². The molecule has 214 valence electrons. The van der Waals surface area contributed by atoms with E-state index in [9.17, 15) is 27.6 Å². The number of halogens is 3. The molecule has 3 rings (SSSR count). The molecular formula is C26H29F3N6O5. The highest BCUT2D eigenvalue weighted by atomic mass is 19.4. The fourth-order valence-corrected chi connectivity index (χ4v) is 3.65. The third kappa shape index (κ3) is 7.27. The summed E-state index contributed by atoms with van der Waals surface area (Å²) in [5, 5.41) is 5.18. The van der Waals surface area contributed by atoms with Crippen LogP contribution in [0.3, 0.4) is 0 Å². The van der Waals surface area contributed by atoms with Crippen molar-refractivity contribution < 1.29 is 37.0 Å². The van der Waals surface area contributed by atoms with Crippen LogP contribution in [0.1, 0.15) is 52.9 Å². The summed E-state index contributed by atoms with van der Waals surface area (Å²) in [6.07, 6.45) is -1.93. The van der Waals surface area contributed by atoms with Crippen molar-refractivity contribution in [2.45, 2.75) is 46.0 Å². The Bertz CT molecular complexity index is 1470. The Kier molecular flexibility index (Phi) is 8.71. The minimum atomic E-state index is -4.66. The lowest BCUT2D eigenvalue weighted by molar-refractivity contribution is -0.141. The summed E-state index contributed by atoms with van der Waals surface area (Å²) in [5.41, 5.74) is 4.23. The molecule has 0 unspecified atom stereocenters. The Morgan fingerprint density at radius 2 is 1.80 bits per heavy atom. The second kappa shape index (κ2) is 11.6. The van der Waals surface area contributed by atoms with E-state index < -0.39 is 35.4 Å². The SMILES string of the molecule is COc1cc(C(N)=O)cc2nc(NC(=O)c3ccc(C(F)(F)F)nc3C)n(C/C=C/CNC(=O)OC(C)(C)C)c12. The van der Waals surface area contributed by atoms with Gasteiger partial charge in [0.05, 0.1) is 23.9 Å². The van der Waals surface area contributed by atoms with E-state index in [1.54, 1.807) is 37.5 Å². The first kappa shape index (κ1) is 29.9. The number of fused-ring (bicyclic) bond motifs is 1. The molecule has 0 spiro atoms. The van der Waals surface area contributed by atoms with Crippen molar-refractivity contribution >= 4 is 34.9 Å². The molecule has 0 saturated carbocycles. The topological polar surface area (TPSA) is 150 Å². The molecule has 14 heteroatoms. The minimum Gasteiger partial charge on any atom is -0.494 e. The molecule has 2 heterocycles. The summed E-state index contributed by atoms with van der Waals surface area (Å²) in [6, 6.07) is 4.59. The number of nitrogens with one attached hydrogen (secondary N) is 2. The maximum Gasteiger partial charge on any atom is 0.433 e. The Balaban J connectivity index is 1.94. The number of primary amides is 1. The van der Waals surface area contributed by atoms with E-state index in [0.717, 1.165) is 6.07 Å². The van der Waals surface area contributed by atoms with Crippen molar-refractivity contribution in [2.24, 2.45) is 5.73 Å². The number of anilines is 1. The number of amides is 3. The van der Waals surface area contributed by atoms with E-state index in [2.05, 4.69) is 20.6 Å². The van der Waals surface area contributed by atoms with Gasteiger partial charge in [-0.25, -0.2) is 14.8 Å². The number of hydrogen-bond donors (Lipinski definition) is 3. The monoisotopic (exact) mass is 562 g/mol. The van der Waals surface area contributed by atoms with Crippen LogP contribution in [-0.4, -0.2) is 51.7 Å². The zero-order chi connectivity index (χ0) is 29.8. The zero-order valence-corrected chi connectivity index (χ0v) is 22.5. The van der Waals surface area contributed by atoms with Gasteiger partial charge in [-0.05, 0) is 52.0 Å². The number of alkyl carbamates (subject to hydrolysis) is 1. The second-order valence-electron chi connectivity index (χ2n) is 9.59. The molecule has 0 radical (unpaired) electrons. The van der Waals surface area contributed by atoms with Gasteiger partial charge in [-0.15, -0.1) is 0 Å². The standard InChI is InChI=1S/C26H29F3N6O5/c1-14-16(8-9-19(32-14)26(27,28)29)22(37)34-23-33-17-12-15(21(30)36)13-18(39-5)20(17)35(23)11-7-6-10-31-24(38)40-25(2,3)4/h6-9,12-13H,10-11H2,1-5H3,(H2,30,36)(H,31,38)(H,33,34,37)/b7-6+. The van der Waals surface area contributed by atoms with Gasteiger partial charge in [-0.2, -0.15) is 13.2 Å². The summed E-state index contributed by atoms with van der Waals surface area (Å²) in [5.74, 6) is -1.21. The van der Waals surface area contributed by atoms with Gasteiger partial charge >= 0.3 is 12.3 Å². The van der Waals surface area contributed by atoms with Crippen molar-refractivity contribution in [3.63, 3.8) is 0 Å². The van der Waals surface area contributed by atoms with Crippen LogP contribution in [0.5, 0.6) is 5.75 Å². The highest BCUT2D eigenvalue weighted by Gasteiger charge is 2.33. The lowest BCUT2D eigenvalue weighted by Gasteiger charge is -2.19. The molecule has 0 atom stereocenters. The number of aromatic nitrogens is 3. The molecule has 11 nitrogen and oxygen atoms in total. The lowest BCUT2D eigenvalue weighted by atomic mass is 10.1. The zero-order valence-electron chi connectivity index (χ0n) is 22.5. The van der Waals surface area contributed by atoms with Gasteiger partial charge in [0, 0.05) is 18.7 Å². The molecule has 0 aliphatic heterocycles. The smallest absolute Gasteiger partial charge is 0.433 e. The number of allylic oxidation sites excluding steroid dienone is 1. The molecule has 4 N–H and O–H groups in total. The number of imidazole rings is 1. The van der Waals surface area contributed by atoms with Crippen molar-refractivity contribution in [1.82, 2.24) is 19.9 Å². The molecule has 0 aliphatic carbocycles. The van der Waals surface area contributed by atoms with Crippen molar-refractivity contribution in [3.05, 3.63) is 58.9 Å². The minimum absolute atomic E-state index is 0.0176. The van der Waals surface area contributed by atoms with Crippen molar-refractivity contribution in [2.75, 3.05) is 19.0 Å². The fourth-order valence-electron chi connectivity index (χ4n) is 3.65. The number of benzene rings is 1. The number of nitrogens with two attached hydrogens (primary N) is 1. The number of ether oxygens (including phenoxy) is 2. The maximum absolute atomic E-state index is 13.0. The average molecular weight is 563 g/mol. The number of rotatable bonds is 8. The van der Waals surface area contributed by atoms with Gasteiger partial charge in [0.25, 0.3) is 5.91 Å². The van der Waals surface area contributed by atoms with Gasteiger partial charge in [0.2, 0.25) is 11.9 Å². The number of pyridine rings is 1. The normalized spacial score (nSPS) is 12.0. The number of hydrogen-bond acceptors (Lipinski definition) is 7. The number of carbonyl (C=O) groups is 3.